The van der Waals surface area contributed by atoms with E-state index in [9.17, 15) is 5.21 Å². The van der Waals surface area contributed by atoms with Gasteiger partial charge < -0.3 is 9.26 Å². The SMILES string of the molecule is CO[C@@H]1C=CC[C@H]1N(O)c1cc(C)on1. The van der Waals surface area contributed by atoms with Crippen LogP contribution in [0.15, 0.2) is 22.7 Å². The molecule has 2 atom stereocenters. The summed E-state index contributed by atoms with van der Waals surface area (Å²) < 4.78 is 10.1. The zero-order valence-corrected chi connectivity index (χ0v) is 8.75. The highest BCUT2D eigenvalue weighted by molar-refractivity contribution is 5.37. The van der Waals surface area contributed by atoms with Gasteiger partial charge in [-0.3, -0.25) is 5.21 Å². The number of aromatic nitrogens is 1. The van der Waals surface area contributed by atoms with Crippen LogP contribution in [0.3, 0.4) is 0 Å². The predicted octanol–water partition coefficient (Wildman–Crippen LogP) is 1.52. The monoisotopic (exact) mass is 210 g/mol. The molecular weight excluding hydrogens is 196 g/mol. The first-order valence-corrected chi connectivity index (χ1v) is 4.83. The lowest BCUT2D eigenvalue weighted by Crippen LogP contribution is -2.39. The van der Waals surface area contributed by atoms with Crippen molar-refractivity contribution in [3.05, 3.63) is 24.0 Å². The number of rotatable bonds is 3. The van der Waals surface area contributed by atoms with Gasteiger partial charge in [-0.15, -0.1) is 0 Å². The normalized spacial score (nSPS) is 24.7. The molecular formula is C10H14N2O3. The second kappa shape index (κ2) is 4.04. The summed E-state index contributed by atoms with van der Waals surface area (Å²) in [6.45, 7) is 1.78. The second-order valence-electron chi connectivity index (χ2n) is 3.57. The van der Waals surface area contributed by atoms with E-state index in [4.69, 9.17) is 9.26 Å². The molecule has 0 unspecified atom stereocenters. The summed E-state index contributed by atoms with van der Waals surface area (Å²) in [5.74, 6) is 1.09. The van der Waals surface area contributed by atoms with Crippen LogP contribution < -0.4 is 5.06 Å². The Morgan fingerprint density at radius 2 is 2.47 bits per heavy atom. The van der Waals surface area contributed by atoms with Gasteiger partial charge in [0.25, 0.3) is 0 Å². The minimum atomic E-state index is -0.125. The Labute approximate surface area is 87.9 Å². The summed E-state index contributed by atoms with van der Waals surface area (Å²) in [5.41, 5.74) is 0. The predicted molar refractivity (Wildman–Crippen MR) is 53.8 cm³/mol. The fourth-order valence-corrected chi connectivity index (χ4v) is 1.72. The van der Waals surface area contributed by atoms with Crippen molar-refractivity contribution in [2.24, 2.45) is 0 Å². The largest absolute Gasteiger partial charge is 0.375 e. The van der Waals surface area contributed by atoms with E-state index in [1.54, 1.807) is 20.1 Å². The molecule has 0 aromatic carbocycles. The molecule has 1 heterocycles. The topological polar surface area (TPSA) is 58.7 Å². The van der Waals surface area contributed by atoms with Crippen LogP contribution in [0.25, 0.3) is 0 Å². The summed E-state index contributed by atoms with van der Waals surface area (Å²) in [7, 11) is 1.62. The smallest absolute Gasteiger partial charge is 0.196 e. The zero-order chi connectivity index (χ0) is 10.8. The molecule has 1 aromatic rings. The number of aryl methyl sites for hydroxylation is 1. The lowest BCUT2D eigenvalue weighted by molar-refractivity contribution is 0.0833. The molecule has 1 aromatic heterocycles. The third kappa shape index (κ3) is 1.88. The van der Waals surface area contributed by atoms with Crippen molar-refractivity contribution >= 4 is 5.82 Å². The van der Waals surface area contributed by atoms with Gasteiger partial charge in [-0.25, -0.2) is 5.06 Å². The van der Waals surface area contributed by atoms with E-state index in [-0.39, 0.29) is 12.1 Å². The third-order valence-corrected chi connectivity index (χ3v) is 2.52. The van der Waals surface area contributed by atoms with Gasteiger partial charge in [-0.1, -0.05) is 17.3 Å². The van der Waals surface area contributed by atoms with Crippen molar-refractivity contribution in [1.82, 2.24) is 5.16 Å². The Bertz CT molecular complexity index is 361. The number of anilines is 1. The van der Waals surface area contributed by atoms with Crippen LogP contribution in [0, 0.1) is 6.92 Å². The average molecular weight is 210 g/mol. The Hall–Kier alpha value is -1.33. The Morgan fingerprint density at radius 3 is 3.07 bits per heavy atom. The molecule has 0 amide bonds. The Balaban J connectivity index is 2.11. The number of hydroxylamine groups is 1. The van der Waals surface area contributed by atoms with Gasteiger partial charge in [0.1, 0.15) is 5.76 Å². The highest BCUT2D eigenvalue weighted by atomic mass is 16.5. The number of hydrogen-bond donors (Lipinski definition) is 1. The van der Waals surface area contributed by atoms with Crippen molar-refractivity contribution in [1.29, 1.82) is 0 Å². The van der Waals surface area contributed by atoms with Crippen molar-refractivity contribution in [2.75, 3.05) is 12.2 Å². The van der Waals surface area contributed by atoms with Gasteiger partial charge in [0, 0.05) is 13.2 Å². The first-order valence-electron chi connectivity index (χ1n) is 4.83. The minimum Gasteiger partial charge on any atom is -0.375 e. The van der Waals surface area contributed by atoms with Crippen LogP contribution in [0.4, 0.5) is 5.82 Å². The minimum absolute atomic E-state index is 0.105. The maximum atomic E-state index is 9.93. The maximum Gasteiger partial charge on any atom is 0.196 e. The molecule has 2 rings (SSSR count). The number of methoxy groups -OCH3 is 1. The fourth-order valence-electron chi connectivity index (χ4n) is 1.72. The molecule has 15 heavy (non-hydrogen) atoms. The molecule has 0 saturated heterocycles. The van der Waals surface area contributed by atoms with Crippen LogP contribution in [-0.2, 0) is 4.74 Å². The number of nitrogens with zero attached hydrogens (tertiary/aromatic N) is 2. The van der Waals surface area contributed by atoms with Gasteiger partial charge in [0.2, 0.25) is 0 Å². The molecule has 1 aliphatic rings. The molecule has 82 valence electrons. The molecule has 0 spiro atoms. The van der Waals surface area contributed by atoms with Crippen LogP contribution in [0.1, 0.15) is 12.2 Å². The maximum absolute atomic E-state index is 9.93. The van der Waals surface area contributed by atoms with E-state index in [1.165, 1.54) is 0 Å². The van der Waals surface area contributed by atoms with Crippen LogP contribution in [0.2, 0.25) is 0 Å². The quantitative estimate of drug-likeness (QED) is 0.605. The summed E-state index contributed by atoms with van der Waals surface area (Å²) in [4.78, 5) is 0. The third-order valence-electron chi connectivity index (χ3n) is 2.52. The van der Waals surface area contributed by atoms with Crippen molar-refractivity contribution < 1.29 is 14.5 Å². The van der Waals surface area contributed by atoms with Crippen LogP contribution in [-0.4, -0.2) is 29.6 Å². The highest BCUT2D eigenvalue weighted by Crippen LogP contribution is 2.23. The lowest BCUT2D eigenvalue weighted by Gasteiger charge is -2.25. The standard InChI is InChI=1S/C10H14N2O3/c1-7-6-10(11-15-7)12(13)8-4-3-5-9(8)14-2/h3,5-6,8-9,13H,4H2,1-2H3/t8-,9-/m1/s1. The van der Waals surface area contributed by atoms with E-state index in [2.05, 4.69) is 5.16 Å². The van der Waals surface area contributed by atoms with Crippen molar-refractivity contribution in [3.63, 3.8) is 0 Å². The summed E-state index contributed by atoms with van der Waals surface area (Å²) >= 11 is 0. The molecule has 0 aliphatic heterocycles. The first-order chi connectivity index (χ1) is 7.22. The van der Waals surface area contributed by atoms with Crippen LogP contribution >= 0.6 is 0 Å². The van der Waals surface area contributed by atoms with E-state index in [0.29, 0.717) is 11.6 Å². The lowest BCUT2D eigenvalue weighted by atomic mass is 10.2. The fraction of sp³-hybridized carbons (Fsp3) is 0.500. The van der Waals surface area contributed by atoms with Gasteiger partial charge >= 0.3 is 0 Å². The number of ether oxygens (including phenoxy) is 1. The molecule has 0 radical (unpaired) electrons. The van der Waals surface area contributed by atoms with E-state index in [1.807, 2.05) is 12.2 Å². The summed E-state index contributed by atoms with van der Waals surface area (Å²) in [6, 6.07) is 1.56. The Morgan fingerprint density at radius 1 is 1.67 bits per heavy atom. The molecule has 0 saturated carbocycles. The first kappa shape index (κ1) is 10.2. The molecule has 0 bridgehead atoms. The zero-order valence-electron chi connectivity index (χ0n) is 8.75. The van der Waals surface area contributed by atoms with Gasteiger partial charge in [-0.2, -0.15) is 0 Å². The van der Waals surface area contributed by atoms with Gasteiger partial charge in [0.05, 0.1) is 12.1 Å². The second-order valence-corrected chi connectivity index (χ2v) is 3.57. The molecule has 5 heteroatoms. The highest BCUT2D eigenvalue weighted by Gasteiger charge is 2.29. The molecule has 5 nitrogen and oxygen atoms in total. The Kier molecular flexibility index (Phi) is 2.75. The number of hydrogen-bond acceptors (Lipinski definition) is 5. The van der Waals surface area contributed by atoms with Gasteiger partial charge in [0.15, 0.2) is 5.82 Å². The van der Waals surface area contributed by atoms with Crippen molar-refractivity contribution in [2.45, 2.75) is 25.5 Å². The molecule has 1 N–H and O–H groups in total. The average Bonchev–Trinajstić information content (AvgIpc) is 2.84. The molecule has 0 fully saturated rings. The van der Waals surface area contributed by atoms with E-state index in [0.717, 1.165) is 11.5 Å². The summed E-state index contributed by atoms with van der Waals surface area (Å²) in [6.07, 6.45) is 4.54. The van der Waals surface area contributed by atoms with E-state index >= 15 is 0 Å². The molecule has 1 aliphatic carbocycles. The van der Waals surface area contributed by atoms with Crippen LogP contribution in [0.5, 0.6) is 0 Å². The van der Waals surface area contributed by atoms with E-state index < -0.39 is 0 Å². The van der Waals surface area contributed by atoms with Crippen molar-refractivity contribution in [3.8, 4) is 0 Å². The summed E-state index contributed by atoms with van der Waals surface area (Å²) in [5, 5.41) is 14.8. The van der Waals surface area contributed by atoms with Gasteiger partial charge in [-0.05, 0) is 13.3 Å².